The molecule has 8 heavy (non-hydrogen) atoms. The maximum absolute atomic E-state index is 8.97. The van der Waals surface area contributed by atoms with Gasteiger partial charge in [0.1, 0.15) is 0 Å². The number of aliphatic hydroxyl groups excluding tert-OH is 1. The molecule has 0 aromatic heterocycles. The Hall–Kier alpha value is -0.0800. The van der Waals surface area contributed by atoms with Crippen LogP contribution < -0.4 is 5.32 Å². The van der Waals surface area contributed by atoms with Crippen molar-refractivity contribution in [3.8, 4) is 0 Å². The standard InChI is InChI=1S/C6H13NO/c1-2-5-3-6(8)4-7-5/h5-8H,2-4H2,1H3/t5-,6-/m0/s1. The van der Waals surface area contributed by atoms with Gasteiger partial charge in [-0.2, -0.15) is 0 Å². The van der Waals surface area contributed by atoms with Crippen molar-refractivity contribution in [3.05, 3.63) is 0 Å². The van der Waals surface area contributed by atoms with Crippen LogP contribution in [0.3, 0.4) is 0 Å². The second kappa shape index (κ2) is 2.46. The maximum Gasteiger partial charge on any atom is 0.0679 e. The molecule has 0 aromatic carbocycles. The Bertz CT molecular complexity index is 74.9. The van der Waals surface area contributed by atoms with Crippen molar-refractivity contribution >= 4 is 0 Å². The number of β-amino-alcohol motifs (C(OH)–C–C–N with tert-alkyl or cyclic N) is 1. The topological polar surface area (TPSA) is 32.3 Å². The lowest BCUT2D eigenvalue weighted by Crippen LogP contribution is -2.19. The van der Waals surface area contributed by atoms with Crippen molar-refractivity contribution in [1.82, 2.24) is 5.32 Å². The van der Waals surface area contributed by atoms with Crippen molar-refractivity contribution in [1.29, 1.82) is 0 Å². The number of nitrogens with one attached hydrogen (secondary N) is 1. The van der Waals surface area contributed by atoms with Gasteiger partial charge < -0.3 is 10.4 Å². The highest BCUT2D eigenvalue weighted by Crippen LogP contribution is 2.07. The first kappa shape index (κ1) is 6.05. The van der Waals surface area contributed by atoms with E-state index in [9.17, 15) is 0 Å². The van der Waals surface area contributed by atoms with Gasteiger partial charge in [0.25, 0.3) is 0 Å². The summed E-state index contributed by atoms with van der Waals surface area (Å²) in [4.78, 5) is 0. The molecule has 0 saturated carbocycles. The average molecular weight is 115 g/mol. The lowest BCUT2D eigenvalue weighted by Gasteiger charge is -2.02. The molecule has 0 unspecified atom stereocenters. The Morgan fingerprint density at radius 3 is 2.75 bits per heavy atom. The third kappa shape index (κ3) is 1.20. The zero-order valence-corrected chi connectivity index (χ0v) is 5.22. The summed E-state index contributed by atoms with van der Waals surface area (Å²) in [5.74, 6) is 0. The zero-order chi connectivity index (χ0) is 5.98. The van der Waals surface area contributed by atoms with E-state index in [4.69, 9.17) is 5.11 Å². The Labute approximate surface area is 49.9 Å². The van der Waals surface area contributed by atoms with E-state index in [1.165, 1.54) is 0 Å². The number of hydrogen-bond acceptors (Lipinski definition) is 2. The summed E-state index contributed by atoms with van der Waals surface area (Å²) in [6.45, 7) is 2.92. The van der Waals surface area contributed by atoms with Crippen LogP contribution >= 0.6 is 0 Å². The van der Waals surface area contributed by atoms with Crippen LogP contribution in [0.1, 0.15) is 19.8 Å². The maximum atomic E-state index is 8.97. The second-order valence-electron chi connectivity index (χ2n) is 2.40. The largest absolute Gasteiger partial charge is 0.392 e. The lowest BCUT2D eigenvalue weighted by atomic mass is 10.2. The first-order valence-corrected chi connectivity index (χ1v) is 3.24. The van der Waals surface area contributed by atoms with Crippen molar-refractivity contribution in [2.24, 2.45) is 0 Å². The fourth-order valence-corrected chi connectivity index (χ4v) is 1.11. The smallest absolute Gasteiger partial charge is 0.0679 e. The lowest BCUT2D eigenvalue weighted by molar-refractivity contribution is 0.193. The van der Waals surface area contributed by atoms with E-state index in [0.717, 1.165) is 19.4 Å². The van der Waals surface area contributed by atoms with Gasteiger partial charge in [-0.25, -0.2) is 0 Å². The third-order valence-electron chi connectivity index (χ3n) is 1.69. The molecule has 2 heteroatoms. The first-order chi connectivity index (χ1) is 3.83. The highest BCUT2D eigenvalue weighted by Gasteiger charge is 2.19. The van der Waals surface area contributed by atoms with E-state index in [0.29, 0.717) is 6.04 Å². The molecule has 2 atom stereocenters. The summed E-state index contributed by atoms with van der Waals surface area (Å²) in [5, 5.41) is 12.2. The van der Waals surface area contributed by atoms with E-state index in [2.05, 4.69) is 12.2 Å². The van der Waals surface area contributed by atoms with Gasteiger partial charge in [-0.3, -0.25) is 0 Å². The van der Waals surface area contributed by atoms with Crippen LogP contribution in [-0.4, -0.2) is 23.8 Å². The summed E-state index contributed by atoms with van der Waals surface area (Å²) in [6.07, 6.45) is 1.99. The quantitative estimate of drug-likeness (QED) is 0.508. The van der Waals surface area contributed by atoms with Crippen LogP contribution in [0.2, 0.25) is 0 Å². The minimum Gasteiger partial charge on any atom is -0.392 e. The Morgan fingerprint density at radius 1 is 1.75 bits per heavy atom. The van der Waals surface area contributed by atoms with E-state index < -0.39 is 0 Å². The minimum atomic E-state index is -0.0834. The fraction of sp³-hybridized carbons (Fsp3) is 1.00. The van der Waals surface area contributed by atoms with Crippen LogP contribution in [0.5, 0.6) is 0 Å². The van der Waals surface area contributed by atoms with Crippen LogP contribution in [0.15, 0.2) is 0 Å². The predicted octanol–water partition coefficient (Wildman–Crippen LogP) is 0.119. The Kier molecular flexibility index (Phi) is 1.86. The third-order valence-corrected chi connectivity index (χ3v) is 1.69. The van der Waals surface area contributed by atoms with Gasteiger partial charge in [0.05, 0.1) is 6.10 Å². The molecule has 2 nitrogen and oxygen atoms in total. The number of rotatable bonds is 1. The average Bonchev–Trinajstić information content (AvgIpc) is 2.14. The highest BCUT2D eigenvalue weighted by molar-refractivity contribution is 4.79. The minimum absolute atomic E-state index is 0.0834. The summed E-state index contributed by atoms with van der Waals surface area (Å²) < 4.78 is 0. The molecule has 2 N–H and O–H groups in total. The van der Waals surface area contributed by atoms with E-state index in [1.807, 2.05) is 0 Å². The van der Waals surface area contributed by atoms with Gasteiger partial charge in [-0.15, -0.1) is 0 Å². The number of aliphatic hydroxyl groups is 1. The van der Waals surface area contributed by atoms with E-state index in [1.54, 1.807) is 0 Å². The summed E-state index contributed by atoms with van der Waals surface area (Å²) in [6, 6.07) is 0.574. The monoisotopic (exact) mass is 115 g/mol. The van der Waals surface area contributed by atoms with Crippen molar-refractivity contribution in [2.75, 3.05) is 6.54 Å². The SMILES string of the molecule is CC[C@H]1C[C@H](O)CN1. The Balaban J connectivity index is 2.22. The molecule has 1 heterocycles. The normalized spacial score (nSPS) is 38.2. The van der Waals surface area contributed by atoms with Crippen LogP contribution in [0.25, 0.3) is 0 Å². The van der Waals surface area contributed by atoms with Gasteiger partial charge in [-0.1, -0.05) is 6.92 Å². The van der Waals surface area contributed by atoms with Gasteiger partial charge >= 0.3 is 0 Å². The van der Waals surface area contributed by atoms with Crippen LogP contribution in [0, 0.1) is 0 Å². The first-order valence-electron chi connectivity index (χ1n) is 3.24. The fourth-order valence-electron chi connectivity index (χ4n) is 1.11. The molecule has 48 valence electrons. The Morgan fingerprint density at radius 2 is 2.50 bits per heavy atom. The summed E-state index contributed by atoms with van der Waals surface area (Å²) >= 11 is 0. The molecule has 0 aromatic rings. The van der Waals surface area contributed by atoms with E-state index >= 15 is 0 Å². The second-order valence-corrected chi connectivity index (χ2v) is 2.40. The molecule has 0 spiro atoms. The van der Waals surface area contributed by atoms with Crippen LogP contribution in [-0.2, 0) is 0 Å². The molecule has 1 aliphatic heterocycles. The van der Waals surface area contributed by atoms with Gasteiger partial charge in [0.2, 0.25) is 0 Å². The molecule has 0 amide bonds. The van der Waals surface area contributed by atoms with Gasteiger partial charge in [0, 0.05) is 12.6 Å². The van der Waals surface area contributed by atoms with Gasteiger partial charge in [0.15, 0.2) is 0 Å². The van der Waals surface area contributed by atoms with Crippen LogP contribution in [0.4, 0.5) is 0 Å². The van der Waals surface area contributed by atoms with Crippen molar-refractivity contribution in [3.63, 3.8) is 0 Å². The zero-order valence-electron chi connectivity index (χ0n) is 5.22. The molecule has 1 aliphatic rings. The summed E-state index contributed by atoms with van der Waals surface area (Å²) in [7, 11) is 0. The number of hydrogen-bond donors (Lipinski definition) is 2. The molecule has 0 aliphatic carbocycles. The highest BCUT2D eigenvalue weighted by atomic mass is 16.3. The molecule has 0 bridgehead atoms. The molecular formula is C6H13NO. The van der Waals surface area contributed by atoms with Crippen molar-refractivity contribution < 1.29 is 5.11 Å². The van der Waals surface area contributed by atoms with E-state index in [-0.39, 0.29) is 6.10 Å². The molecule has 1 rings (SSSR count). The summed E-state index contributed by atoms with van der Waals surface area (Å²) in [5.41, 5.74) is 0. The molecule has 1 fully saturated rings. The van der Waals surface area contributed by atoms with Crippen molar-refractivity contribution in [2.45, 2.75) is 31.9 Å². The molecule has 0 radical (unpaired) electrons. The molecular weight excluding hydrogens is 102 g/mol. The van der Waals surface area contributed by atoms with Gasteiger partial charge in [-0.05, 0) is 12.8 Å². The predicted molar refractivity (Wildman–Crippen MR) is 32.7 cm³/mol. The molecule has 1 saturated heterocycles.